The molecule has 2 amide bonds. The van der Waals surface area contributed by atoms with Crippen molar-refractivity contribution in [3.8, 4) is 0 Å². The Morgan fingerprint density at radius 1 is 1.00 bits per heavy atom. The van der Waals surface area contributed by atoms with Crippen LogP contribution in [0.1, 0.15) is 29.3 Å². The largest absolute Gasteiger partial charge is 0.416 e. The summed E-state index contributed by atoms with van der Waals surface area (Å²) in [6.07, 6.45) is -4.04. The zero-order valence-corrected chi connectivity index (χ0v) is 15.5. The van der Waals surface area contributed by atoms with Crippen molar-refractivity contribution in [3.63, 3.8) is 0 Å². The van der Waals surface area contributed by atoms with Crippen LogP contribution in [-0.4, -0.2) is 52.1 Å². The summed E-state index contributed by atoms with van der Waals surface area (Å²) in [4.78, 5) is 28.1. The predicted octanol–water partition coefficient (Wildman–Crippen LogP) is 3.57. The summed E-state index contributed by atoms with van der Waals surface area (Å²) in [5, 5.41) is 0. The molecule has 0 unspecified atom stereocenters. The first-order chi connectivity index (χ1) is 12.0. The van der Waals surface area contributed by atoms with E-state index in [1.54, 1.807) is 11.8 Å². The average Bonchev–Trinajstić information content (AvgIpc) is 3.12. The normalized spacial score (nSPS) is 25.2. The van der Waals surface area contributed by atoms with Gasteiger partial charge in [-0.15, -0.1) is 23.2 Å². The fourth-order valence-corrected chi connectivity index (χ4v) is 3.77. The van der Waals surface area contributed by atoms with Crippen LogP contribution in [0.3, 0.4) is 0 Å². The van der Waals surface area contributed by atoms with Crippen molar-refractivity contribution in [3.05, 3.63) is 35.4 Å². The van der Waals surface area contributed by atoms with E-state index in [0.29, 0.717) is 32.6 Å². The molecule has 0 bridgehead atoms. The molecule has 9 heteroatoms. The maximum absolute atomic E-state index is 12.6. The zero-order chi connectivity index (χ0) is 19.3. The Balaban J connectivity index is 1.60. The van der Waals surface area contributed by atoms with Gasteiger partial charge in [0.2, 0.25) is 5.91 Å². The second-order valence-electron chi connectivity index (χ2n) is 6.87. The van der Waals surface area contributed by atoms with Crippen molar-refractivity contribution in [2.24, 2.45) is 5.41 Å². The van der Waals surface area contributed by atoms with Crippen molar-refractivity contribution in [1.82, 2.24) is 9.80 Å². The highest BCUT2D eigenvalue weighted by molar-refractivity contribution is 6.53. The molecule has 1 atom stereocenters. The number of carbonyl (C=O) groups excluding carboxylic acids is 2. The van der Waals surface area contributed by atoms with Gasteiger partial charge in [-0.1, -0.05) is 0 Å². The molecule has 1 aromatic rings. The average molecular weight is 409 g/mol. The fraction of sp³-hybridized carbons (Fsp3) is 0.529. The van der Waals surface area contributed by atoms with Gasteiger partial charge >= 0.3 is 6.18 Å². The van der Waals surface area contributed by atoms with Crippen LogP contribution in [0.15, 0.2) is 24.3 Å². The Morgan fingerprint density at radius 3 is 1.88 bits per heavy atom. The fourth-order valence-electron chi connectivity index (χ4n) is 3.08. The van der Waals surface area contributed by atoms with E-state index in [1.165, 1.54) is 17.0 Å². The van der Waals surface area contributed by atoms with Gasteiger partial charge in [0.15, 0.2) is 0 Å². The molecule has 2 fully saturated rings. The predicted molar refractivity (Wildman–Crippen MR) is 91.1 cm³/mol. The summed E-state index contributed by atoms with van der Waals surface area (Å²) in [7, 11) is 0. The summed E-state index contributed by atoms with van der Waals surface area (Å²) < 4.78 is 36.8. The van der Waals surface area contributed by atoms with Gasteiger partial charge in [0.25, 0.3) is 5.91 Å². The van der Waals surface area contributed by atoms with Crippen LogP contribution in [0.4, 0.5) is 13.2 Å². The van der Waals surface area contributed by atoms with Crippen LogP contribution in [0.25, 0.3) is 0 Å². The summed E-state index contributed by atoms with van der Waals surface area (Å²) in [5.41, 5.74) is -1.41. The van der Waals surface area contributed by atoms with Crippen molar-refractivity contribution in [1.29, 1.82) is 0 Å². The van der Waals surface area contributed by atoms with Gasteiger partial charge in [-0.25, -0.2) is 0 Å². The molecule has 4 nitrogen and oxygen atoms in total. The maximum Gasteiger partial charge on any atom is 0.416 e. The second-order valence-corrected chi connectivity index (χ2v) is 8.36. The van der Waals surface area contributed by atoms with E-state index in [9.17, 15) is 22.8 Å². The Bertz CT molecular complexity index is 729. The number of hydrogen-bond acceptors (Lipinski definition) is 2. The molecule has 1 aliphatic carbocycles. The van der Waals surface area contributed by atoms with Crippen LogP contribution >= 0.6 is 23.2 Å². The van der Waals surface area contributed by atoms with Crippen molar-refractivity contribution >= 4 is 35.0 Å². The van der Waals surface area contributed by atoms with E-state index in [4.69, 9.17) is 23.2 Å². The van der Waals surface area contributed by atoms with Crippen LogP contribution in [0.5, 0.6) is 0 Å². The monoisotopic (exact) mass is 408 g/mol. The molecule has 1 heterocycles. The van der Waals surface area contributed by atoms with E-state index in [-0.39, 0.29) is 17.4 Å². The molecular weight excluding hydrogens is 392 g/mol. The van der Waals surface area contributed by atoms with Crippen molar-refractivity contribution in [2.45, 2.75) is 23.9 Å². The third-order valence-corrected chi connectivity index (χ3v) is 6.14. The number of nitrogens with zero attached hydrogens (tertiary/aromatic N) is 2. The summed E-state index contributed by atoms with van der Waals surface area (Å²) in [6, 6.07) is 4.12. The van der Waals surface area contributed by atoms with Crippen LogP contribution < -0.4 is 0 Å². The van der Waals surface area contributed by atoms with Crippen LogP contribution in [0, 0.1) is 5.41 Å². The third kappa shape index (κ3) is 3.39. The van der Waals surface area contributed by atoms with Crippen molar-refractivity contribution in [2.75, 3.05) is 26.2 Å². The topological polar surface area (TPSA) is 40.6 Å². The molecule has 1 aliphatic heterocycles. The van der Waals surface area contributed by atoms with E-state index in [0.717, 1.165) is 12.1 Å². The lowest BCUT2D eigenvalue weighted by molar-refractivity contribution is -0.138. The Hall–Kier alpha value is -1.47. The minimum absolute atomic E-state index is 0.135. The standard InChI is InChI=1S/C17H17Cl2F3N2O2/c1-15(10-16(15,18)19)14(26)24-8-6-23(7-9-24)13(25)11-2-4-12(5-3-11)17(20,21)22/h2-5H,6-10H2,1H3/t15-/m1/s1. The van der Waals surface area contributed by atoms with Gasteiger partial charge in [0.05, 0.1) is 11.0 Å². The van der Waals surface area contributed by atoms with Crippen LogP contribution in [-0.2, 0) is 11.0 Å². The number of halogens is 5. The summed E-state index contributed by atoms with van der Waals surface area (Å²) in [6.45, 7) is 3.00. The number of piperazine rings is 1. The number of carbonyl (C=O) groups is 2. The maximum atomic E-state index is 12.6. The molecule has 0 spiro atoms. The first-order valence-corrected chi connectivity index (χ1v) is 8.85. The first-order valence-electron chi connectivity index (χ1n) is 8.09. The Kier molecular flexibility index (Phi) is 4.68. The first kappa shape index (κ1) is 19.3. The van der Waals surface area contributed by atoms with Gasteiger partial charge in [-0.05, 0) is 37.6 Å². The van der Waals surface area contributed by atoms with E-state index < -0.39 is 21.5 Å². The SMILES string of the molecule is C[C@]1(C(=O)N2CCN(C(=O)c3ccc(C(F)(F)F)cc3)CC2)CC1(Cl)Cl. The van der Waals surface area contributed by atoms with E-state index in [1.807, 2.05) is 0 Å². The number of amides is 2. The molecule has 1 saturated carbocycles. The molecule has 142 valence electrons. The molecular formula is C17H17Cl2F3N2O2. The van der Waals surface area contributed by atoms with E-state index in [2.05, 4.69) is 0 Å². The number of alkyl halides is 5. The molecule has 26 heavy (non-hydrogen) atoms. The highest BCUT2D eigenvalue weighted by Crippen LogP contribution is 2.64. The Labute approximate surface area is 158 Å². The number of rotatable bonds is 2. The molecule has 1 aromatic carbocycles. The lowest BCUT2D eigenvalue weighted by Crippen LogP contribution is -2.52. The zero-order valence-electron chi connectivity index (χ0n) is 13.9. The van der Waals surface area contributed by atoms with Gasteiger partial charge < -0.3 is 9.80 Å². The second kappa shape index (κ2) is 6.30. The highest BCUT2D eigenvalue weighted by Gasteiger charge is 2.68. The summed E-state index contributed by atoms with van der Waals surface area (Å²) >= 11 is 12.1. The van der Waals surface area contributed by atoms with Crippen molar-refractivity contribution < 1.29 is 22.8 Å². The van der Waals surface area contributed by atoms with Gasteiger partial charge in [0.1, 0.15) is 4.33 Å². The van der Waals surface area contributed by atoms with Crippen LogP contribution in [0.2, 0.25) is 0 Å². The molecule has 0 aromatic heterocycles. The van der Waals surface area contributed by atoms with Gasteiger partial charge in [0, 0.05) is 31.7 Å². The third-order valence-electron chi connectivity index (χ3n) is 5.04. The molecule has 1 saturated heterocycles. The van der Waals surface area contributed by atoms with Gasteiger partial charge in [-0.2, -0.15) is 13.2 Å². The quantitative estimate of drug-likeness (QED) is 0.701. The Morgan fingerprint density at radius 2 is 1.46 bits per heavy atom. The molecule has 0 N–H and O–H groups in total. The lowest BCUT2D eigenvalue weighted by Gasteiger charge is -2.36. The molecule has 3 rings (SSSR count). The number of hydrogen-bond donors (Lipinski definition) is 0. The smallest absolute Gasteiger partial charge is 0.339 e. The number of benzene rings is 1. The highest BCUT2D eigenvalue weighted by atomic mass is 35.5. The minimum atomic E-state index is -4.44. The summed E-state index contributed by atoms with van der Waals surface area (Å²) in [5.74, 6) is -0.489. The molecule has 2 aliphatic rings. The molecule has 0 radical (unpaired) electrons. The van der Waals surface area contributed by atoms with E-state index >= 15 is 0 Å². The lowest BCUT2D eigenvalue weighted by atomic mass is 10.1. The minimum Gasteiger partial charge on any atom is -0.339 e. The van der Waals surface area contributed by atoms with Gasteiger partial charge in [-0.3, -0.25) is 9.59 Å².